The second kappa shape index (κ2) is 13.4. The van der Waals surface area contributed by atoms with E-state index in [0.717, 1.165) is 29.0 Å². The topological polar surface area (TPSA) is 108 Å². The summed E-state index contributed by atoms with van der Waals surface area (Å²) in [6, 6.07) is 12.9. The summed E-state index contributed by atoms with van der Waals surface area (Å²) in [6.45, 7) is 9.80. The van der Waals surface area contributed by atoms with Crippen LogP contribution in [0.25, 0.3) is 16.7 Å². The molecule has 2 aromatic carbocycles. The maximum absolute atomic E-state index is 14.0. The number of thiocarbonyl (C=S) groups is 1. The summed E-state index contributed by atoms with van der Waals surface area (Å²) in [7, 11) is 0. The maximum Gasteiger partial charge on any atom is 0.346 e. The molecule has 44 heavy (non-hydrogen) atoms. The smallest absolute Gasteiger partial charge is 0.346 e. The molecule has 13 heteroatoms. The molecule has 1 aromatic heterocycles. The van der Waals surface area contributed by atoms with Crippen LogP contribution in [0.1, 0.15) is 40.2 Å². The van der Waals surface area contributed by atoms with Crippen molar-refractivity contribution >= 4 is 92.6 Å². The van der Waals surface area contributed by atoms with Gasteiger partial charge in [0.15, 0.2) is 5.58 Å². The van der Waals surface area contributed by atoms with E-state index >= 15 is 0 Å². The third kappa shape index (κ3) is 6.15. The number of aromatic nitrogens is 1. The van der Waals surface area contributed by atoms with Crippen LogP contribution in [0.4, 0.5) is 5.69 Å². The summed E-state index contributed by atoms with van der Waals surface area (Å²) < 4.78 is 22.8. The molecule has 0 atom stereocenters. The van der Waals surface area contributed by atoms with E-state index in [4.69, 9.17) is 30.8 Å². The van der Waals surface area contributed by atoms with Gasteiger partial charge in [-0.15, -0.1) is 0 Å². The molecule has 0 radical (unpaired) electrons. The Kier molecular flexibility index (Phi) is 9.78. The van der Waals surface area contributed by atoms with E-state index in [-0.39, 0.29) is 34.7 Å². The van der Waals surface area contributed by atoms with Gasteiger partial charge in [0.25, 0.3) is 5.22 Å². The van der Waals surface area contributed by atoms with E-state index < -0.39 is 17.5 Å². The Balaban J connectivity index is 1.56. The van der Waals surface area contributed by atoms with Crippen molar-refractivity contribution in [2.75, 3.05) is 30.5 Å². The van der Waals surface area contributed by atoms with Crippen LogP contribution < -0.4 is 9.64 Å². The van der Waals surface area contributed by atoms with Crippen molar-refractivity contribution < 1.29 is 33.0 Å². The number of ether oxygens (including phenoxy) is 3. The minimum atomic E-state index is -0.950. The molecular weight excluding hydrogens is 641 g/mol. The second-order valence-corrected chi connectivity index (χ2v) is 13.6. The lowest BCUT2D eigenvalue weighted by Gasteiger charge is -2.45. The molecule has 1 amide bonds. The van der Waals surface area contributed by atoms with Crippen LogP contribution >= 0.6 is 47.5 Å². The molecule has 0 fully saturated rings. The highest BCUT2D eigenvalue weighted by molar-refractivity contribution is 8.29. The van der Waals surface area contributed by atoms with Crippen molar-refractivity contribution in [1.82, 2.24) is 4.98 Å². The van der Waals surface area contributed by atoms with E-state index in [1.807, 2.05) is 63.2 Å². The number of thioether (sulfide) groups is 3. The van der Waals surface area contributed by atoms with Gasteiger partial charge in [0.2, 0.25) is 5.91 Å². The molecule has 0 bridgehead atoms. The summed E-state index contributed by atoms with van der Waals surface area (Å²) in [5, 5.41) is 0.398. The number of hydrogen-bond acceptors (Lipinski definition) is 12. The zero-order chi connectivity index (χ0) is 31.6. The minimum absolute atomic E-state index is 0.0580. The van der Waals surface area contributed by atoms with Gasteiger partial charge < -0.3 is 23.5 Å². The molecule has 0 spiro atoms. The Bertz CT molecular complexity index is 1660. The highest BCUT2D eigenvalue weighted by Crippen LogP contribution is 2.56. The fourth-order valence-corrected chi connectivity index (χ4v) is 8.48. The van der Waals surface area contributed by atoms with E-state index in [1.54, 1.807) is 18.7 Å². The first-order valence-electron chi connectivity index (χ1n) is 13.9. The highest BCUT2D eigenvalue weighted by atomic mass is 32.2. The van der Waals surface area contributed by atoms with Gasteiger partial charge in [-0.2, -0.15) is 0 Å². The third-order valence-electron chi connectivity index (χ3n) is 6.70. The zero-order valence-corrected chi connectivity index (χ0v) is 28.0. The van der Waals surface area contributed by atoms with Gasteiger partial charge >= 0.3 is 11.9 Å². The van der Waals surface area contributed by atoms with Gasteiger partial charge in [-0.1, -0.05) is 59.6 Å². The Morgan fingerprint density at radius 1 is 0.977 bits per heavy atom. The predicted molar refractivity (Wildman–Crippen MR) is 179 cm³/mol. The molecule has 2 aliphatic heterocycles. The Morgan fingerprint density at radius 2 is 1.64 bits per heavy atom. The van der Waals surface area contributed by atoms with Crippen molar-refractivity contribution in [2.45, 2.75) is 45.4 Å². The van der Waals surface area contributed by atoms with Crippen molar-refractivity contribution in [3.8, 4) is 5.75 Å². The number of esters is 2. The van der Waals surface area contributed by atoms with Crippen LogP contribution in [0.3, 0.4) is 0 Å². The fourth-order valence-electron chi connectivity index (χ4n) is 4.81. The van der Waals surface area contributed by atoms with Gasteiger partial charge in [0.05, 0.1) is 45.9 Å². The zero-order valence-electron chi connectivity index (χ0n) is 24.8. The number of carbonyl (C=O) groups is 3. The molecule has 0 saturated heterocycles. The standard InChI is InChI=1S/C31H30N2O7S4/c1-6-37-17-13-14-20-18(15-17)23(29-43-24(27(35)38-7-2)25(44-29)28(36)39-8-3)26(41)31(4,5)33(20)22(34)16-42-30-32-19-11-9-10-12-21(19)40-30/h9-15H,6-8,16H2,1-5H3. The lowest BCUT2D eigenvalue weighted by atomic mass is 9.83. The van der Waals surface area contributed by atoms with Gasteiger partial charge in [-0.25, -0.2) is 14.6 Å². The number of fused-ring (bicyclic) bond motifs is 2. The quantitative estimate of drug-likeness (QED) is 0.101. The van der Waals surface area contributed by atoms with Gasteiger partial charge in [-0.05, 0) is 65.0 Å². The van der Waals surface area contributed by atoms with Crippen molar-refractivity contribution in [1.29, 1.82) is 0 Å². The SMILES string of the molecule is CCOC(=O)C1=C(C(=O)OCC)SC(=C2C(=S)C(C)(C)N(C(=O)CSc3nc4ccccc4o3)c3ccc(OCC)cc32)S1. The largest absolute Gasteiger partial charge is 0.494 e. The van der Waals surface area contributed by atoms with Crippen molar-refractivity contribution in [3.05, 3.63) is 62.1 Å². The number of oxazole rings is 1. The van der Waals surface area contributed by atoms with Crippen LogP contribution in [0.2, 0.25) is 0 Å². The number of hydrogen-bond donors (Lipinski definition) is 0. The van der Waals surface area contributed by atoms with E-state index in [9.17, 15) is 14.4 Å². The number of nitrogens with zero attached hydrogens (tertiary/aromatic N) is 2. The fraction of sp³-hybridized carbons (Fsp3) is 0.323. The Morgan fingerprint density at radius 3 is 2.25 bits per heavy atom. The van der Waals surface area contributed by atoms with Crippen LogP contribution in [0.5, 0.6) is 5.75 Å². The summed E-state index contributed by atoms with van der Waals surface area (Å²) in [5.74, 6) is -0.759. The highest BCUT2D eigenvalue weighted by Gasteiger charge is 2.46. The average molecular weight is 671 g/mol. The summed E-state index contributed by atoms with van der Waals surface area (Å²) >= 11 is 9.56. The first kappa shape index (κ1) is 32.1. The second-order valence-electron chi connectivity index (χ2n) is 9.93. The molecule has 0 N–H and O–H groups in total. The molecule has 3 aromatic rings. The number of amides is 1. The molecule has 5 rings (SSSR count). The summed E-state index contributed by atoms with van der Waals surface area (Å²) in [4.78, 5) is 46.7. The van der Waals surface area contributed by atoms with E-state index in [1.165, 1.54) is 11.8 Å². The lowest BCUT2D eigenvalue weighted by molar-refractivity contribution is -0.140. The van der Waals surface area contributed by atoms with Crippen LogP contribution in [-0.2, 0) is 23.9 Å². The Hall–Kier alpha value is -3.26. The summed E-state index contributed by atoms with van der Waals surface area (Å²) in [5.41, 5.74) is 2.35. The molecule has 0 saturated carbocycles. The van der Waals surface area contributed by atoms with Crippen LogP contribution in [0.15, 0.2) is 66.2 Å². The van der Waals surface area contributed by atoms with Crippen LogP contribution in [0, 0.1) is 0 Å². The van der Waals surface area contributed by atoms with Gasteiger partial charge in [0, 0.05) is 11.1 Å². The van der Waals surface area contributed by atoms with Crippen LogP contribution in [-0.4, -0.2) is 58.8 Å². The minimum Gasteiger partial charge on any atom is -0.494 e. The summed E-state index contributed by atoms with van der Waals surface area (Å²) in [6.07, 6.45) is 0. The number of para-hydroxylation sites is 2. The number of benzene rings is 2. The Labute approximate surface area is 273 Å². The number of carbonyl (C=O) groups excluding carboxylic acids is 3. The van der Waals surface area contributed by atoms with Crippen molar-refractivity contribution in [2.24, 2.45) is 0 Å². The predicted octanol–water partition coefficient (Wildman–Crippen LogP) is 7.00. The molecule has 2 aliphatic rings. The van der Waals surface area contributed by atoms with Gasteiger partial charge in [0.1, 0.15) is 21.1 Å². The lowest BCUT2D eigenvalue weighted by Crippen LogP contribution is -2.56. The molecule has 3 heterocycles. The normalized spacial score (nSPS) is 15.9. The molecule has 0 unspecified atom stereocenters. The van der Waals surface area contributed by atoms with E-state index in [2.05, 4.69) is 4.98 Å². The van der Waals surface area contributed by atoms with Crippen molar-refractivity contribution in [3.63, 3.8) is 0 Å². The average Bonchev–Trinajstić information content (AvgIpc) is 3.62. The number of anilines is 1. The number of rotatable bonds is 9. The molecule has 9 nitrogen and oxygen atoms in total. The van der Waals surface area contributed by atoms with E-state index in [0.29, 0.717) is 49.1 Å². The first-order chi connectivity index (χ1) is 21.1. The molecule has 0 aliphatic carbocycles. The molecular formula is C31H30N2O7S4. The maximum atomic E-state index is 14.0. The third-order valence-corrected chi connectivity index (χ3v) is 10.8. The van der Waals surface area contributed by atoms with Gasteiger partial charge in [-0.3, -0.25) is 4.79 Å². The monoisotopic (exact) mass is 670 g/mol. The molecule has 230 valence electrons. The first-order valence-corrected chi connectivity index (χ1v) is 16.9.